The molecule has 0 saturated carbocycles. The molecule has 3 heteroatoms. The summed E-state index contributed by atoms with van der Waals surface area (Å²) in [6.07, 6.45) is 3.18. The van der Waals surface area contributed by atoms with Gasteiger partial charge in [-0.05, 0) is 30.4 Å². The smallest absolute Gasteiger partial charge is 0.107 e. The van der Waals surface area contributed by atoms with Gasteiger partial charge in [-0.2, -0.15) is 0 Å². The van der Waals surface area contributed by atoms with E-state index in [-0.39, 0.29) is 10.2 Å². The van der Waals surface area contributed by atoms with Gasteiger partial charge in [-0.1, -0.05) is 30.3 Å². The highest BCUT2D eigenvalue weighted by Gasteiger charge is 2.49. The number of hydrogen-bond acceptors (Lipinski definition) is 3. The summed E-state index contributed by atoms with van der Waals surface area (Å²) in [7, 11) is 0. The molecule has 2 fully saturated rings. The second-order valence-corrected chi connectivity index (χ2v) is 7.91. The lowest BCUT2D eigenvalue weighted by atomic mass is 10.1. The van der Waals surface area contributed by atoms with E-state index in [1.54, 1.807) is 0 Å². The standard InChI is InChI=1S/C14H18OS2/c1-11-10-14(16-8-5-9-17-14)13(15-11)12-6-3-2-4-7-12/h2-4,6-7,11,13H,5,8-10H2,1H3. The second-order valence-electron chi connectivity index (χ2n) is 4.80. The molecule has 2 aliphatic rings. The van der Waals surface area contributed by atoms with Crippen molar-refractivity contribution >= 4 is 23.5 Å². The van der Waals surface area contributed by atoms with Gasteiger partial charge in [-0.15, -0.1) is 23.5 Å². The maximum atomic E-state index is 6.20. The molecule has 2 saturated heterocycles. The van der Waals surface area contributed by atoms with E-state index in [1.807, 2.05) is 0 Å². The molecule has 3 rings (SSSR count). The molecule has 0 aliphatic carbocycles. The number of rotatable bonds is 1. The zero-order chi connectivity index (χ0) is 11.7. The van der Waals surface area contributed by atoms with Gasteiger partial charge in [0.25, 0.3) is 0 Å². The van der Waals surface area contributed by atoms with Gasteiger partial charge in [0, 0.05) is 6.42 Å². The first-order valence-corrected chi connectivity index (χ1v) is 8.26. The Balaban J connectivity index is 1.91. The van der Waals surface area contributed by atoms with E-state index in [1.165, 1.54) is 29.9 Å². The molecule has 2 atom stereocenters. The zero-order valence-corrected chi connectivity index (χ0v) is 11.7. The Morgan fingerprint density at radius 3 is 2.59 bits per heavy atom. The molecule has 1 nitrogen and oxygen atoms in total. The van der Waals surface area contributed by atoms with E-state index in [2.05, 4.69) is 60.8 Å². The molecule has 1 aromatic rings. The van der Waals surface area contributed by atoms with Crippen LogP contribution in [0.4, 0.5) is 0 Å². The number of ether oxygens (including phenoxy) is 1. The van der Waals surface area contributed by atoms with E-state index >= 15 is 0 Å². The molecule has 2 unspecified atom stereocenters. The quantitative estimate of drug-likeness (QED) is 0.757. The Morgan fingerprint density at radius 1 is 1.18 bits per heavy atom. The topological polar surface area (TPSA) is 9.23 Å². The zero-order valence-electron chi connectivity index (χ0n) is 10.1. The van der Waals surface area contributed by atoms with Crippen LogP contribution >= 0.6 is 23.5 Å². The molecular weight excluding hydrogens is 248 g/mol. The van der Waals surface area contributed by atoms with Crippen LogP contribution in [-0.2, 0) is 4.74 Å². The monoisotopic (exact) mass is 266 g/mol. The van der Waals surface area contributed by atoms with Crippen molar-refractivity contribution < 1.29 is 4.74 Å². The lowest BCUT2D eigenvalue weighted by molar-refractivity contribution is 0.0546. The van der Waals surface area contributed by atoms with E-state index in [9.17, 15) is 0 Å². The molecule has 92 valence electrons. The number of hydrogen-bond donors (Lipinski definition) is 0. The third-order valence-electron chi connectivity index (χ3n) is 3.42. The average molecular weight is 266 g/mol. The van der Waals surface area contributed by atoms with Crippen molar-refractivity contribution in [1.29, 1.82) is 0 Å². The average Bonchev–Trinajstić information content (AvgIpc) is 2.68. The fourth-order valence-electron chi connectivity index (χ4n) is 2.71. The molecule has 0 amide bonds. The summed E-state index contributed by atoms with van der Waals surface area (Å²) in [6, 6.07) is 10.7. The highest BCUT2D eigenvalue weighted by Crippen LogP contribution is 2.58. The van der Waals surface area contributed by atoms with E-state index < -0.39 is 0 Å². The van der Waals surface area contributed by atoms with Crippen molar-refractivity contribution in [3.63, 3.8) is 0 Å². The van der Waals surface area contributed by atoms with Gasteiger partial charge >= 0.3 is 0 Å². The molecule has 1 spiro atoms. The number of thioether (sulfide) groups is 2. The summed E-state index contributed by atoms with van der Waals surface area (Å²) in [5, 5.41) is 0. The van der Waals surface area contributed by atoms with Crippen molar-refractivity contribution in [2.24, 2.45) is 0 Å². The fraction of sp³-hybridized carbons (Fsp3) is 0.571. The van der Waals surface area contributed by atoms with Crippen molar-refractivity contribution in [1.82, 2.24) is 0 Å². The van der Waals surface area contributed by atoms with Crippen LogP contribution in [0.15, 0.2) is 30.3 Å². The maximum absolute atomic E-state index is 6.20. The summed E-state index contributed by atoms with van der Waals surface area (Å²) >= 11 is 4.24. The van der Waals surface area contributed by atoms with Crippen molar-refractivity contribution in [3.05, 3.63) is 35.9 Å². The van der Waals surface area contributed by atoms with Crippen molar-refractivity contribution in [2.45, 2.75) is 36.1 Å². The summed E-state index contributed by atoms with van der Waals surface area (Å²) in [5.74, 6) is 2.57. The molecule has 1 aromatic carbocycles. The van der Waals surface area contributed by atoms with Gasteiger partial charge < -0.3 is 4.74 Å². The highest BCUT2D eigenvalue weighted by molar-refractivity contribution is 8.18. The first kappa shape index (κ1) is 11.9. The summed E-state index contributed by atoms with van der Waals surface area (Å²) < 4.78 is 6.48. The number of benzene rings is 1. The Kier molecular flexibility index (Phi) is 3.42. The molecule has 0 aromatic heterocycles. The lowest BCUT2D eigenvalue weighted by Gasteiger charge is -2.36. The summed E-state index contributed by atoms with van der Waals surface area (Å²) in [5.41, 5.74) is 1.35. The van der Waals surface area contributed by atoms with Gasteiger partial charge in [0.1, 0.15) is 6.10 Å². The molecule has 17 heavy (non-hydrogen) atoms. The molecule has 0 bridgehead atoms. The van der Waals surface area contributed by atoms with Crippen LogP contribution < -0.4 is 0 Å². The van der Waals surface area contributed by atoms with E-state index in [0.717, 1.165) is 0 Å². The van der Waals surface area contributed by atoms with Crippen molar-refractivity contribution in [3.8, 4) is 0 Å². The predicted molar refractivity (Wildman–Crippen MR) is 76.6 cm³/mol. The van der Waals surface area contributed by atoms with E-state index in [0.29, 0.717) is 6.10 Å². The van der Waals surface area contributed by atoms with Gasteiger partial charge in [0.2, 0.25) is 0 Å². The molecule has 0 N–H and O–H groups in total. The first-order chi connectivity index (χ1) is 8.30. The lowest BCUT2D eigenvalue weighted by Crippen LogP contribution is -2.28. The van der Waals surface area contributed by atoms with Gasteiger partial charge in [-0.25, -0.2) is 0 Å². The van der Waals surface area contributed by atoms with Crippen LogP contribution in [0.1, 0.15) is 31.4 Å². The SMILES string of the molecule is CC1CC2(SCCCS2)C(c2ccccc2)O1. The van der Waals surface area contributed by atoms with Crippen molar-refractivity contribution in [2.75, 3.05) is 11.5 Å². The van der Waals surface area contributed by atoms with Crippen LogP contribution in [0.25, 0.3) is 0 Å². The minimum Gasteiger partial charge on any atom is -0.368 e. The molecule has 2 aliphatic heterocycles. The van der Waals surface area contributed by atoms with Crippen LogP contribution in [0.3, 0.4) is 0 Å². The Bertz CT molecular complexity index is 373. The highest BCUT2D eigenvalue weighted by atomic mass is 32.2. The second kappa shape index (κ2) is 4.87. The third-order valence-corrected chi connectivity index (χ3v) is 6.86. The summed E-state index contributed by atoms with van der Waals surface area (Å²) in [6.45, 7) is 2.21. The van der Waals surface area contributed by atoms with Crippen LogP contribution in [0, 0.1) is 0 Å². The predicted octanol–water partition coefficient (Wildman–Crippen LogP) is 4.10. The van der Waals surface area contributed by atoms with Crippen LogP contribution in [0.5, 0.6) is 0 Å². The largest absolute Gasteiger partial charge is 0.368 e. The van der Waals surface area contributed by atoms with E-state index in [4.69, 9.17) is 4.74 Å². The fourth-order valence-corrected chi connectivity index (χ4v) is 6.39. The normalized spacial score (nSPS) is 31.8. The minimum atomic E-state index is 0.272. The minimum absolute atomic E-state index is 0.272. The Labute approximate surface area is 112 Å². The van der Waals surface area contributed by atoms with Crippen LogP contribution in [0.2, 0.25) is 0 Å². The third kappa shape index (κ3) is 2.25. The Morgan fingerprint density at radius 2 is 1.88 bits per heavy atom. The molecular formula is C14H18OS2. The maximum Gasteiger partial charge on any atom is 0.107 e. The summed E-state index contributed by atoms with van der Waals surface area (Å²) in [4.78, 5) is 0. The molecule has 2 heterocycles. The van der Waals surface area contributed by atoms with Crippen LogP contribution in [-0.4, -0.2) is 21.7 Å². The van der Waals surface area contributed by atoms with Gasteiger partial charge in [0.15, 0.2) is 0 Å². The van der Waals surface area contributed by atoms with Gasteiger partial charge in [0.05, 0.1) is 10.2 Å². The molecule has 0 radical (unpaired) electrons. The first-order valence-electron chi connectivity index (χ1n) is 6.28. The Hall–Kier alpha value is -0.120. The van der Waals surface area contributed by atoms with Gasteiger partial charge in [-0.3, -0.25) is 0 Å².